The van der Waals surface area contributed by atoms with Crippen LogP contribution in [0, 0.1) is 12.7 Å². The van der Waals surface area contributed by atoms with Gasteiger partial charge in [-0.1, -0.05) is 29.8 Å². The number of benzene rings is 2. The second-order valence-corrected chi connectivity index (χ2v) is 4.84. The first-order valence-electron chi connectivity index (χ1n) is 6.83. The Balaban J connectivity index is 1.85. The van der Waals surface area contributed by atoms with Crippen molar-refractivity contribution in [3.05, 3.63) is 65.5 Å². The van der Waals surface area contributed by atoms with Gasteiger partial charge in [-0.05, 0) is 43.7 Å². The van der Waals surface area contributed by atoms with E-state index in [0.29, 0.717) is 11.5 Å². The molecule has 1 N–H and O–H groups in total. The van der Waals surface area contributed by atoms with E-state index in [0.717, 1.165) is 11.1 Å². The SMILES string of the molecule is C/C(=N/NC(=O)COc1ccc(C)cc1)c1ccc(F)cc1. The van der Waals surface area contributed by atoms with Gasteiger partial charge in [0, 0.05) is 0 Å². The van der Waals surface area contributed by atoms with Gasteiger partial charge in [0.05, 0.1) is 5.71 Å². The minimum atomic E-state index is -0.359. The molecule has 114 valence electrons. The van der Waals surface area contributed by atoms with Gasteiger partial charge in [-0.2, -0.15) is 5.10 Å². The Morgan fingerprint density at radius 3 is 2.41 bits per heavy atom. The Bertz CT molecular complexity index is 664. The molecule has 22 heavy (non-hydrogen) atoms. The van der Waals surface area contributed by atoms with Gasteiger partial charge in [0.1, 0.15) is 11.6 Å². The Morgan fingerprint density at radius 1 is 1.14 bits per heavy atom. The van der Waals surface area contributed by atoms with E-state index in [1.54, 1.807) is 31.2 Å². The molecule has 0 saturated heterocycles. The van der Waals surface area contributed by atoms with Crippen LogP contribution in [0.4, 0.5) is 4.39 Å². The summed E-state index contributed by atoms with van der Waals surface area (Å²) in [4.78, 5) is 11.7. The lowest BCUT2D eigenvalue weighted by molar-refractivity contribution is -0.123. The summed E-state index contributed by atoms with van der Waals surface area (Å²) in [6.45, 7) is 3.58. The zero-order chi connectivity index (χ0) is 15.9. The molecule has 2 aromatic carbocycles. The number of hydrazone groups is 1. The quantitative estimate of drug-likeness (QED) is 0.681. The fraction of sp³-hybridized carbons (Fsp3) is 0.176. The van der Waals surface area contributed by atoms with Crippen molar-refractivity contribution in [2.24, 2.45) is 5.10 Å². The number of hydrogen-bond donors (Lipinski definition) is 1. The van der Waals surface area contributed by atoms with E-state index in [4.69, 9.17) is 4.74 Å². The second kappa shape index (κ2) is 7.36. The first-order chi connectivity index (χ1) is 10.5. The van der Waals surface area contributed by atoms with Crippen molar-refractivity contribution >= 4 is 11.6 Å². The van der Waals surface area contributed by atoms with E-state index in [1.165, 1.54) is 12.1 Å². The van der Waals surface area contributed by atoms with Gasteiger partial charge >= 0.3 is 0 Å². The lowest BCUT2D eigenvalue weighted by Crippen LogP contribution is -2.25. The molecule has 0 aliphatic rings. The van der Waals surface area contributed by atoms with Crippen LogP contribution in [0.5, 0.6) is 5.75 Å². The molecule has 0 heterocycles. The molecule has 4 nitrogen and oxygen atoms in total. The standard InChI is InChI=1S/C17H17FN2O2/c1-12-3-9-16(10-4-12)22-11-17(21)20-19-13(2)14-5-7-15(18)8-6-14/h3-10H,11H2,1-2H3,(H,20,21)/b19-13-. The molecule has 0 aliphatic heterocycles. The monoisotopic (exact) mass is 300 g/mol. The van der Waals surface area contributed by atoms with Gasteiger partial charge in [0.25, 0.3) is 5.91 Å². The first kappa shape index (κ1) is 15.7. The van der Waals surface area contributed by atoms with Crippen molar-refractivity contribution < 1.29 is 13.9 Å². The number of carbonyl (C=O) groups excluding carboxylic acids is 1. The van der Waals surface area contributed by atoms with Crippen molar-refractivity contribution in [2.75, 3.05) is 6.61 Å². The first-order valence-corrected chi connectivity index (χ1v) is 6.83. The maximum absolute atomic E-state index is 12.8. The molecule has 5 heteroatoms. The molecule has 0 atom stereocenters. The van der Waals surface area contributed by atoms with Crippen molar-refractivity contribution in [1.29, 1.82) is 0 Å². The second-order valence-electron chi connectivity index (χ2n) is 4.84. The van der Waals surface area contributed by atoms with E-state index >= 15 is 0 Å². The van der Waals surface area contributed by atoms with E-state index in [2.05, 4.69) is 10.5 Å². The Labute approximate surface area is 128 Å². The van der Waals surface area contributed by atoms with Crippen molar-refractivity contribution in [2.45, 2.75) is 13.8 Å². The van der Waals surface area contributed by atoms with Crippen LogP contribution in [0.2, 0.25) is 0 Å². The molecule has 2 rings (SSSR count). The third-order valence-corrected chi connectivity index (χ3v) is 3.00. The summed E-state index contributed by atoms with van der Waals surface area (Å²) >= 11 is 0. The molecule has 0 aromatic heterocycles. The van der Waals surface area contributed by atoms with Gasteiger partial charge in [-0.3, -0.25) is 4.79 Å². The molecular formula is C17H17FN2O2. The largest absolute Gasteiger partial charge is 0.484 e. The highest BCUT2D eigenvalue weighted by Gasteiger charge is 2.03. The molecule has 0 aliphatic carbocycles. The van der Waals surface area contributed by atoms with Crippen LogP contribution in [0.3, 0.4) is 0 Å². The molecule has 1 amide bonds. The number of rotatable bonds is 5. The van der Waals surface area contributed by atoms with Gasteiger partial charge < -0.3 is 4.74 Å². The number of halogens is 1. The highest BCUT2D eigenvalue weighted by atomic mass is 19.1. The van der Waals surface area contributed by atoms with Crippen LogP contribution in [0.1, 0.15) is 18.1 Å². The van der Waals surface area contributed by atoms with Crippen LogP contribution in [-0.4, -0.2) is 18.2 Å². The molecule has 0 fully saturated rings. The summed E-state index contributed by atoms with van der Waals surface area (Å²) in [5.74, 6) is -0.0471. The number of hydrogen-bond acceptors (Lipinski definition) is 3. The normalized spacial score (nSPS) is 11.1. The summed E-state index contributed by atoms with van der Waals surface area (Å²) in [7, 11) is 0. The smallest absolute Gasteiger partial charge is 0.277 e. The van der Waals surface area contributed by atoms with Gasteiger partial charge in [-0.25, -0.2) is 9.82 Å². The molecule has 2 aromatic rings. The van der Waals surface area contributed by atoms with Crippen LogP contribution < -0.4 is 10.2 Å². The highest BCUT2D eigenvalue weighted by Crippen LogP contribution is 2.10. The van der Waals surface area contributed by atoms with Gasteiger partial charge in [-0.15, -0.1) is 0 Å². The molecular weight excluding hydrogens is 283 g/mol. The summed E-state index contributed by atoms with van der Waals surface area (Å²) in [5, 5.41) is 3.97. The predicted octanol–water partition coefficient (Wildman–Crippen LogP) is 3.05. The van der Waals surface area contributed by atoms with Crippen LogP contribution in [0.15, 0.2) is 53.6 Å². The topological polar surface area (TPSA) is 50.7 Å². The number of aryl methyl sites for hydroxylation is 1. The van der Waals surface area contributed by atoms with E-state index in [1.807, 2.05) is 19.1 Å². The fourth-order valence-electron chi connectivity index (χ4n) is 1.72. The minimum Gasteiger partial charge on any atom is -0.484 e. The number of nitrogens with one attached hydrogen (secondary N) is 1. The molecule has 0 bridgehead atoms. The molecule has 0 spiro atoms. The number of amides is 1. The lowest BCUT2D eigenvalue weighted by atomic mass is 10.1. The van der Waals surface area contributed by atoms with E-state index < -0.39 is 0 Å². The number of carbonyl (C=O) groups is 1. The zero-order valence-corrected chi connectivity index (χ0v) is 12.5. The summed E-state index contributed by atoms with van der Waals surface area (Å²) in [5.41, 5.74) is 4.85. The predicted molar refractivity (Wildman–Crippen MR) is 83.4 cm³/mol. The van der Waals surface area contributed by atoms with E-state index in [9.17, 15) is 9.18 Å². The zero-order valence-electron chi connectivity index (χ0n) is 12.5. The van der Waals surface area contributed by atoms with Crippen LogP contribution in [0.25, 0.3) is 0 Å². The average Bonchev–Trinajstić information content (AvgIpc) is 2.52. The molecule has 0 radical (unpaired) electrons. The van der Waals surface area contributed by atoms with Crippen molar-refractivity contribution in [3.63, 3.8) is 0 Å². The fourth-order valence-corrected chi connectivity index (χ4v) is 1.72. The Hall–Kier alpha value is -2.69. The van der Waals surface area contributed by atoms with Gasteiger partial charge in [0.2, 0.25) is 0 Å². The number of nitrogens with zero attached hydrogens (tertiary/aromatic N) is 1. The number of ether oxygens (including phenoxy) is 1. The maximum Gasteiger partial charge on any atom is 0.277 e. The minimum absolute atomic E-state index is 0.122. The Kier molecular flexibility index (Phi) is 5.25. The maximum atomic E-state index is 12.8. The van der Waals surface area contributed by atoms with Crippen LogP contribution in [-0.2, 0) is 4.79 Å². The highest BCUT2D eigenvalue weighted by molar-refractivity contribution is 5.99. The summed E-state index contributed by atoms with van der Waals surface area (Å²) < 4.78 is 18.2. The lowest BCUT2D eigenvalue weighted by Gasteiger charge is -2.06. The van der Waals surface area contributed by atoms with E-state index in [-0.39, 0.29) is 18.3 Å². The van der Waals surface area contributed by atoms with Crippen LogP contribution >= 0.6 is 0 Å². The van der Waals surface area contributed by atoms with Crippen molar-refractivity contribution in [3.8, 4) is 5.75 Å². The molecule has 0 unspecified atom stereocenters. The summed E-state index contributed by atoms with van der Waals surface area (Å²) in [6.07, 6.45) is 0. The Morgan fingerprint density at radius 2 is 1.77 bits per heavy atom. The summed E-state index contributed by atoms with van der Waals surface area (Å²) in [6, 6.07) is 13.3. The van der Waals surface area contributed by atoms with Gasteiger partial charge in [0.15, 0.2) is 6.61 Å². The average molecular weight is 300 g/mol. The molecule has 0 saturated carbocycles. The third-order valence-electron chi connectivity index (χ3n) is 3.00. The third kappa shape index (κ3) is 4.70. The van der Waals surface area contributed by atoms with Crippen molar-refractivity contribution in [1.82, 2.24) is 5.43 Å².